The lowest BCUT2D eigenvalue weighted by atomic mass is 10.1. The van der Waals surface area contributed by atoms with Crippen molar-refractivity contribution in [3.05, 3.63) is 29.8 Å². The van der Waals surface area contributed by atoms with Gasteiger partial charge in [-0.1, -0.05) is 19.1 Å². The highest BCUT2D eigenvalue weighted by Gasteiger charge is 2.05. The van der Waals surface area contributed by atoms with Gasteiger partial charge in [0.15, 0.2) is 0 Å². The van der Waals surface area contributed by atoms with Crippen molar-refractivity contribution in [1.82, 2.24) is 10.2 Å². The Morgan fingerprint density at radius 2 is 1.72 bits per heavy atom. The van der Waals surface area contributed by atoms with Crippen molar-refractivity contribution >= 4 is 5.69 Å². The Hall–Kier alpha value is -1.06. The van der Waals surface area contributed by atoms with E-state index in [9.17, 15) is 0 Å². The fourth-order valence-electron chi connectivity index (χ4n) is 1.81. The minimum absolute atomic E-state index is 0.409. The number of hydrogen-bond acceptors (Lipinski definition) is 3. The van der Waals surface area contributed by atoms with Crippen LogP contribution < -0.4 is 10.2 Å². The average molecular weight is 249 g/mol. The molecular formula is C15H27N3. The molecule has 102 valence electrons. The number of rotatable bonds is 7. The predicted octanol–water partition coefficient (Wildman–Crippen LogP) is 2.35. The minimum Gasteiger partial charge on any atom is -0.378 e. The van der Waals surface area contributed by atoms with Gasteiger partial charge in [0.2, 0.25) is 0 Å². The van der Waals surface area contributed by atoms with Gasteiger partial charge in [-0.15, -0.1) is 0 Å². The Bertz CT molecular complexity index is 332. The second-order valence-electron chi connectivity index (χ2n) is 5.06. The number of nitrogens with zero attached hydrogens (tertiary/aromatic N) is 2. The van der Waals surface area contributed by atoms with E-state index >= 15 is 0 Å². The highest BCUT2D eigenvalue weighted by Crippen LogP contribution is 2.17. The summed E-state index contributed by atoms with van der Waals surface area (Å²) in [6.07, 6.45) is 0. The van der Waals surface area contributed by atoms with Crippen LogP contribution in [0.25, 0.3) is 0 Å². The molecule has 18 heavy (non-hydrogen) atoms. The van der Waals surface area contributed by atoms with Gasteiger partial charge in [0.1, 0.15) is 0 Å². The van der Waals surface area contributed by atoms with Gasteiger partial charge < -0.3 is 15.1 Å². The van der Waals surface area contributed by atoms with Crippen molar-refractivity contribution in [2.45, 2.75) is 19.9 Å². The third-order valence-corrected chi connectivity index (χ3v) is 3.39. The molecule has 1 aromatic carbocycles. The zero-order valence-electron chi connectivity index (χ0n) is 12.4. The second-order valence-corrected chi connectivity index (χ2v) is 5.06. The lowest BCUT2D eigenvalue weighted by Gasteiger charge is -2.19. The molecule has 1 rings (SSSR count). The van der Waals surface area contributed by atoms with E-state index < -0.39 is 0 Å². The molecule has 0 aliphatic rings. The molecule has 1 atom stereocenters. The van der Waals surface area contributed by atoms with E-state index in [-0.39, 0.29) is 0 Å². The molecule has 0 amide bonds. The first-order valence-corrected chi connectivity index (χ1v) is 6.73. The van der Waals surface area contributed by atoms with Crippen molar-refractivity contribution in [3.8, 4) is 0 Å². The molecule has 0 saturated carbocycles. The minimum atomic E-state index is 0.409. The Labute approximate surface area is 112 Å². The van der Waals surface area contributed by atoms with Crippen LogP contribution in [0.15, 0.2) is 24.3 Å². The van der Waals surface area contributed by atoms with E-state index in [1.54, 1.807) is 0 Å². The van der Waals surface area contributed by atoms with Crippen LogP contribution in [-0.2, 0) is 0 Å². The Morgan fingerprint density at radius 1 is 1.11 bits per heavy atom. The van der Waals surface area contributed by atoms with Gasteiger partial charge in [0.05, 0.1) is 0 Å². The molecule has 0 fully saturated rings. The summed E-state index contributed by atoms with van der Waals surface area (Å²) in [7, 11) is 6.28. The topological polar surface area (TPSA) is 18.5 Å². The van der Waals surface area contributed by atoms with E-state index in [2.05, 4.69) is 74.4 Å². The third kappa shape index (κ3) is 4.67. The fraction of sp³-hybridized carbons (Fsp3) is 0.600. The summed E-state index contributed by atoms with van der Waals surface area (Å²) < 4.78 is 0. The average Bonchev–Trinajstić information content (AvgIpc) is 2.38. The van der Waals surface area contributed by atoms with Crippen molar-refractivity contribution < 1.29 is 0 Å². The maximum absolute atomic E-state index is 3.56. The molecule has 1 unspecified atom stereocenters. The van der Waals surface area contributed by atoms with E-state index in [0.717, 1.165) is 19.6 Å². The first-order valence-electron chi connectivity index (χ1n) is 6.73. The van der Waals surface area contributed by atoms with Gasteiger partial charge in [0.25, 0.3) is 0 Å². The normalized spacial score (nSPS) is 12.8. The molecule has 0 radical (unpaired) electrons. The first-order chi connectivity index (χ1) is 8.54. The van der Waals surface area contributed by atoms with E-state index in [1.165, 1.54) is 11.3 Å². The van der Waals surface area contributed by atoms with Crippen molar-refractivity contribution in [2.75, 3.05) is 45.7 Å². The molecular weight excluding hydrogens is 222 g/mol. The van der Waals surface area contributed by atoms with E-state index in [1.807, 2.05) is 0 Å². The predicted molar refractivity (Wildman–Crippen MR) is 80.4 cm³/mol. The lowest BCUT2D eigenvalue weighted by Crippen LogP contribution is -2.30. The number of anilines is 1. The third-order valence-electron chi connectivity index (χ3n) is 3.39. The molecule has 0 saturated heterocycles. The number of nitrogens with one attached hydrogen (secondary N) is 1. The van der Waals surface area contributed by atoms with Gasteiger partial charge in [0, 0.05) is 38.9 Å². The highest BCUT2D eigenvalue weighted by atomic mass is 15.1. The smallest absolute Gasteiger partial charge is 0.0361 e. The summed E-state index contributed by atoms with van der Waals surface area (Å²) >= 11 is 0. The van der Waals surface area contributed by atoms with Crippen LogP contribution in [-0.4, -0.2) is 45.7 Å². The van der Waals surface area contributed by atoms with Gasteiger partial charge >= 0.3 is 0 Å². The Kier molecular flexibility index (Phi) is 6.16. The van der Waals surface area contributed by atoms with Crippen molar-refractivity contribution in [3.63, 3.8) is 0 Å². The summed E-state index contributed by atoms with van der Waals surface area (Å²) in [4.78, 5) is 4.44. The van der Waals surface area contributed by atoms with Crippen molar-refractivity contribution in [2.24, 2.45) is 0 Å². The quantitative estimate of drug-likeness (QED) is 0.800. The SMILES string of the molecule is CCN(C)CCNC(C)c1ccc(N(C)C)cc1. The summed E-state index contributed by atoms with van der Waals surface area (Å²) in [5.41, 5.74) is 2.59. The molecule has 0 aliphatic heterocycles. The summed E-state index contributed by atoms with van der Waals surface area (Å²) in [6.45, 7) is 7.63. The fourth-order valence-corrected chi connectivity index (χ4v) is 1.81. The Balaban J connectivity index is 2.44. The summed E-state index contributed by atoms with van der Waals surface area (Å²) in [5.74, 6) is 0. The zero-order valence-corrected chi connectivity index (χ0v) is 12.4. The van der Waals surface area contributed by atoms with Crippen LogP contribution in [0.2, 0.25) is 0 Å². The molecule has 0 bridgehead atoms. The summed E-state index contributed by atoms with van der Waals surface area (Å²) in [6, 6.07) is 9.16. The molecule has 0 heterocycles. The van der Waals surface area contributed by atoms with E-state index in [0.29, 0.717) is 6.04 Å². The summed E-state index contributed by atoms with van der Waals surface area (Å²) in [5, 5.41) is 3.56. The largest absolute Gasteiger partial charge is 0.378 e. The van der Waals surface area contributed by atoms with Crippen LogP contribution in [0.4, 0.5) is 5.69 Å². The standard InChI is InChI=1S/C15H27N3/c1-6-18(5)12-11-16-13(2)14-7-9-15(10-8-14)17(3)4/h7-10,13,16H,6,11-12H2,1-5H3. The first kappa shape index (κ1) is 15.0. The zero-order chi connectivity index (χ0) is 13.5. The van der Waals surface area contributed by atoms with Gasteiger partial charge in [-0.2, -0.15) is 0 Å². The van der Waals surface area contributed by atoms with Gasteiger partial charge in [-0.3, -0.25) is 0 Å². The number of likely N-dealkylation sites (N-methyl/N-ethyl adjacent to an activating group) is 1. The van der Waals surface area contributed by atoms with Gasteiger partial charge in [-0.25, -0.2) is 0 Å². The number of hydrogen-bond donors (Lipinski definition) is 1. The molecule has 3 nitrogen and oxygen atoms in total. The highest BCUT2D eigenvalue weighted by molar-refractivity contribution is 5.46. The van der Waals surface area contributed by atoms with Crippen LogP contribution in [0.1, 0.15) is 25.5 Å². The van der Waals surface area contributed by atoms with Gasteiger partial charge in [-0.05, 0) is 38.2 Å². The Morgan fingerprint density at radius 3 is 2.22 bits per heavy atom. The monoisotopic (exact) mass is 249 g/mol. The lowest BCUT2D eigenvalue weighted by molar-refractivity contribution is 0.342. The van der Waals surface area contributed by atoms with Crippen LogP contribution >= 0.6 is 0 Å². The molecule has 0 spiro atoms. The van der Waals surface area contributed by atoms with Crippen LogP contribution in [0, 0.1) is 0 Å². The van der Waals surface area contributed by atoms with E-state index in [4.69, 9.17) is 0 Å². The maximum atomic E-state index is 3.56. The maximum Gasteiger partial charge on any atom is 0.0361 e. The van der Waals surface area contributed by atoms with Crippen molar-refractivity contribution in [1.29, 1.82) is 0 Å². The second kappa shape index (κ2) is 7.39. The molecule has 1 aromatic rings. The number of benzene rings is 1. The van der Waals surface area contributed by atoms with Crippen LogP contribution in [0.5, 0.6) is 0 Å². The van der Waals surface area contributed by atoms with Crippen LogP contribution in [0.3, 0.4) is 0 Å². The molecule has 1 N–H and O–H groups in total. The molecule has 0 aliphatic carbocycles. The molecule has 3 heteroatoms. The molecule has 0 aromatic heterocycles.